The number of halogens is 1. The van der Waals surface area contributed by atoms with Gasteiger partial charge in [0.1, 0.15) is 5.82 Å². The first-order valence-electron chi connectivity index (χ1n) is 3.75. The Morgan fingerprint density at radius 1 is 1.38 bits per heavy atom. The van der Waals surface area contributed by atoms with Gasteiger partial charge in [0, 0.05) is 11.5 Å². The fourth-order valence-corrected chi connectivity index (χ4v) is 1.48. The summed E-state index contributed by atoms with van der Waals surface area (Å²) in [4.78, 5) is 14.2. The van der Waals surface area contributed by atoms with E-state index in [9.17, 15) is 4.79 Å². The second kappa shape index (κ2) is 2.78. The second-order valence-corrected chi connectivity index (χ2v) is 3.16. The van der Waals surface area contributed by atoms with Gasteiger partial charge in [-0.05, 0) is 12.1 Å². The summed E-state index contributed by atoms with van der Waals surface area (Å²) in [5.41, 5.74) is 5.95. The summed E-state index contributed by atoms with van der Waals surface area (Å²) >= 11 is 5.88. The molecule has 3 N–H and O–H groups in total. The Labute approximate surface area is 79.1 Å². The molecule has 0 aliphatic heterocycles. The summed E-state index contributed by atoms with van der Waals surface area (Å²) < 4.78 is 0. The zero-order valence-corrected chi connectivity index (χ0v) is 7.43. The number of aromatic nitrogens is 1. The van der Waals surface area contributed by atoms with Crippen molar-refractivity contribution in [2.75, 3.05) is 5.73 Å². The molecule has 0 spiro atoms. The molecular weight excluding hydrogens is 188 g/mol. The maximum Gasteiger partial charge on any atom is 0.191 e. The summed E-state index contributed by atoms with van der Waals surface area (Å²) in [6, 6.07) is 6.49. The van der Waals surface area contributed by atoms with E-state index in [-0.39, 0.29) is 5.43 Å². The molecule has 0 aliphatic carbocycles. The van der Waals surface area contributed by atoms with Crippen molar-refractivity contribution >= 4 is 28.3 Å². The van der Waals surface area contributed by atoms with Gasteiger partial charge in [-0.15, -0.1) is 0 Å². The van der Waals surface area contributed by atoms with Crippen molar-refractivity contribution in [3.05, 3.63) is 39.5 Å². The first kappa shape index (κ1) is 8.13. The average molecular weight is 195 g/mol. The zero-order chi connectivity index (χ0) is 9.42. The van der Waals surface area contributed by atoms with Crippen LogP contribution in [0.4, 0.5) is 5.82 Å². The maximum absolute atomic E-state index is 11.4. The van der Waals surface area contributed by atoms with Gasteiger partial charge in [-0.2, -0.15) is 0 Å². The molecule has 1 aromatic heterocycles. The van der Waals surface area contributed by atoms with Crippen LogP contribution in [-0.4, -0.2) is 4.98 Å². The van der Waals surface area contributed by atoms with Crippen LogP contribution >= 0.6 is 11.6 Å². The Morgan fingerprint density at radius 2 is 2.15 bits per heavy atom. The number of nitrogens with two attached hydrogens (primary N) is 1. The minimum Gasteiger partial charge on any atom is -0.385 e. The molecule has 1 heterocycles. The molecule has 2 aromatic rings. The summed E-state index contributed by atoms with van der Waals surface area (Å²) in [7, 11) is 0. The van der Waals surface area contributed by atoms with Crippen LogP contribution in [0, 0.1) is 0 Å². The number of fused-ring (bicyclic) bond motifs is 1. The SMILES string of the molecule is Nc1cc(=O)c2cccc(Cl)c2[nH]1. The predicted octanol–water partition coefficient (Wildman–Crippen LogP) is 1.76. The van der Waals surface area contributed by atoms with Crippen LogP contribution < -0.4 is 11.2 Å². The van der Waals surface area contributed by atoms with E-state index >= 15 is 0 Å². The Bertz CT molecular complexity index is 518. The first-order chi connectivity index (χ1) is 6.18. The van der Waals surface area contributed by atoms with Crippen molar-refractivity contribution in [3.63, 3.8) is 0 Å². The van der Waals surface area contributed by atoms with Gasteiger partial charge in [0.05, 0.1) is 10.5 Å². The predicted molar refractivity (Wildman–Crippen MR) is 54.0 cm³/mol. The van der Waals surface area contributed by atoms with E-state index < -0.39 is 0 Å². The third kappa shape index (κ3) is 1.27. The van der Waals surface area contributed by atoms with Gasteiger partial charge in [0.2, 0.25) is 0 Å². The lowest BCUT2D eigenvalue weighted by Gasteiger charge is -2.00. The fraction of sp³-hybridized carbons (Fsp3) is 0. The van der Waals surface area contributed by atoms with Crippen LogP contribution in [0.1, 0.15) is 0 Å². The van der Waals surface area contributed by atoms with Crippen molar-refractivity contribution in [3.8, 4) is 0 Å². The number of nitrogen functional groups attached to an aromatic ring is 1. The third-order valence-corrected chi connectivity index (χ3v) is 2.15. The highest BCUT2D eigenvalue weighted by Crippen LogP contribution is 2.19. The van der Waals surface area contributed by atoms with Crippen LogP contribution in [0.2, 0.25) is 5.02 Å². The molecule has 1 aromatic carbocycles. The van der Waals surface area contributed by atoms with Gasteiger partial charge in [0.15, 0.2) is 5.43 Å². The first-order valence-corrected chi connectivity index (χ1v) is 4.13. The van der Waals surface area contributed by atoms with Crippen molar-refractivity contribution in [2.24, 2.45) is 0 Å². The number of para-hydroxylation sites is 1. The fourth-order valence-electron chi connectivity index (χ4n) is 1.26. The molecule has 4 heteroatoms. The molecule has 0 radical (unpaired) electrons. The number of benzene rings is 1. The summed E-state index contributed by atoms with van der Waals surface area (Å²) in [5.74, 6) is 0.325. The number of pyridine rings is 1. The number of nitrogens with one attached hydrogen (secondary N) is 1. The molecule has 0 saturated carbocycles. The molecule has 13 heavy (non-hydrogen) atoms. The monoisotopic (exact) mass is 194 g/mol. The van der Waals surface area contributed by atoms with Gasteiger partial charge in [-0.1, -0.05) is 17.7 Å². The topological polar surface area (TPSA) is 58.9 Å². The van der Waals surface area contributed by atoms with Gasteiger partial charge in [0.25, 0.3) is 0 Å². The standard InChI is InChI=1S/C9H7ClN2O/c10-6-3-1-2-5-7(13)4-8(11)12-9(5)6/h1-4H,(H3,11,12,13). The normalized spacial score (nSPS) is 10.5. The van der Waals surface area contributed by atoms with Crippen LogP contribution in [-0.2, 0) is 0 Å². The Hall–Kier alpha value is -1.48. The number of hydrogen-bond acceptors (Lipinski definition) is 2. The highest BCUT2D eigenvalue weighted by Gasteiger charge is 2.02. The molecule has 3 nitrogen and oxygen atoms in total. The molecule has 0 aliphatic rings. The molecule has 0 atom stereocenters. The average Bonchev–Trinajstić information content (AvgIpc) is 2.07. The molecule has 66 valence electrons. The van der Waals surface area contributed by atoms with E-state index in [2.05, 4.69) is 4.98 Å². The lowest BCUT2D eigenvalue weighted by Crippen LogP contribution is -2.04. The van der Waals surface area contributed by atoms with E-state index in [0.717, 1.165) is 0 Å². The van der Waals surface area contributed by atoms with Gasteiger partial charge in [-0.3, -0.25) is 4.79 Å². The zero-order valence-electron chi connectivity index (χ0n) is 6.67. The Balaban J connectivity index is 3.03. The second-order valence-electron chi connectivity index (χ2n) is 2.75. The summed E-state index contributed by atoms with van der Waals surface area (Å²) in [5, 5.41) is 1.06. The van der Waals surface area contributed by atoms with Crippen molar-refractivity contribution < 1.29 is 0 Å². The largest absolute Gasteiger partial charge is 0.385 e. The highest BCUT2D eigenvalue weighted by atomic mass is 35.5. The molecule has 0 saturated heterocycles. The molecular formula is C9H7ClN2O. The van der Waals surface area contributed by atoms with E-state index in [1.165, 1.54) is 6.07 Å². The molecule has 0 bridgehead atoms. The number of rotatable bonds is 0. The van der Waals surface area contributed by atoms with Crippen LogP contribution in [0.5, 0.6) is 0 Å². The minimum absolute atomic E-state index is 0.117. The summed E-state index contributed by atoms with van der Waals surface area (Å²) in [6.07, 6.45) is 0. The summed E-state index contributed by atoms with van der Waals surface area (Å²) in [6.45, 7) is 0. The maximum atomic E-state index is 11.4. The van der Waals surface area contributed by atoms with Crippen LogP contribution in [0.25, 0.3) is 10.9 Å². The number of hydrogen-bond donors (Lipinski definition) is 2. The third-order valence-electron chi connectivity index (χ3n) is 1.84. The van der Waals surface area contributed by atoms with E-state index in [4.69, 9.17) is 17.3 Å². The van der Waals surface area contributed by atoms with Crippen molar-refractivity contribution in [2.45, 2.75) is 0 Å². The Kier molecular flexibility index (Phi) is 1.74. The van der Waals surface area contributed by atoms with E-state index in [1.54, 1.807) is 18.2 Å². The molecule has 2 rings (SSSR count). The van der Waals surface area contributed by atoms with Gasteiger partial charge < -0.3 is 10.7 Å². The van der Waals surface area contributed by atoms with E-state index in [1.807, 2.05) is 0 Å². The quantitative estimate of drug-likeness (QED) is 0.672. The molecule has 0 fully saturated rings. The molecule has 0 unspecified atom stereocenters. The number of aromatic amines is 1. The smallest absolute Gasteiger partial charge is 0.191 e. The Morgan fingerprint density at radius 3 is 2.92 bits per heavy atom. The van der Waals surface area contributed by atoms with E-state index in [0.29, 0.717) is 21.7 Å². The van der Waals surface area contributed by atoms with Gasteiger partial charge >= 0.3 is 0 Å². The lowest BCUT2D eigenvalue weighted by atomic mass is 10.2. The van der Waals surface area contributed by atoms with Crippen LogP contribution in [0.15, 0.2) is 29.1 Å². The van der Waals surface area contributed by atoms with Crippen molar-refractivity contribution in [1.29, 1.82) is 0 Å². The van der Waals surface area contributed by atoms with Crippen LogP contribution in [0.3, 0.4) is 0 Å². The minimum atomic E-state index is -0.117. The number of H-pyrrole nitrogens is 1. The van der Waals surface area contributed by atoms with Crippen molar-refractivity contribution in [1.82, 2.24) is 4.98 Å². The highest BCUT2D eigenvalue weighted by molar-refractivity contribution is 6.35. The lowest BCUT2D eigenvalue weighted by molar-refractivity contribution is 1.39. The van der Waals surface area contributed by atoms with Gasteiger partial charge in [-0.25, -0.2) is 0 Å². The number of anilines is 1. The molecule has 0 amide bonds.